The molecule has 0 amide bonds. The fraction of sp³-hybridized carbons (Fsp3) is 0.231. The summed E-state index contributed by atoms with van der Waals surface area (Å²) in [6, 6.07) is 6.61. The molecular formula is C13H14BrN3O2. The highest BCUT2D eigenvalue weighted by Crippen LogP contribution is 2.21. The Morgan fingerprint density at radius 2 is 2.05 bits per heavy atom. The van der Waals surface area contributed by atoms with Crippen molar-refractivity contribution >= 4 is 27.6 Å². The standard InChI is InChI=1S/C13H14BrN3O2/c1-8-12(14)11(17(2)16-8)7-19-13(18)9-3-5-10(15)6-4-9/h3-6H,7,15H2,1-2H3. The van der Waals surface area contributed by atoms with E-state index in [2.05, 4.69) is 21.0 Å². The van der Waals surface area contributed by atoms with Crippen molar-refractivity contribution in [2.45, 2.75) is 13.5 Å². The first-order valence-corrected chi connectivity index (χ1v) is 6.49. The quantitative estimate of drug-likeness (QED) is 0.695. The molecule has 2 aromatic rings. The molecule has 100 valence electrons. The molecule has 0 fully saturated rings. The van der Waals surface area contributed by atoms with Crippen molar-refractivity contribution in [2.75, 3.05) is 5.73 Å². The SMILES string of the molecule is Cc1nn(C)c(COC(=O)c2ccc(N)cc2)c1Br. The van der Waals surface area contributed by atoms with Gasteiger partial charge >= 0.3 is 5.97 Å². The second kappa shape index (κ2) is 5.44. The van der Waals surface area contributed by atoms with Gasteiger partial charge in [0.15, 0.2) is 0 Å². The van der Waals surface area contributed by atoms with Crippen LogP contribution in [-0.2, 0) is 18.4 Å². The van der Waals surface area contributed by atoms with Gasteiger partial charge in [-0.2, -0.15) is 5.10 Å². The van der Waals surface area contributed by atoms with Gasteiger partial charge in [0, 0.05) is 12.7 Å². The summed E-state index contributed by atoms with van der Waals surface area (Å²) in [7, 11) is 1.81. The van der Waals surface area contributed by atoms with E-state index in [0.717, 1.165) is 15.9 Å². The number of halogens is 1. The van der Waals surface area contributed by atoms with Crippen LogP contribution in [0.3, 0.4) is 0 Å². The molecule has 2 rings (SSSR count). The first-order chi connectivity index (χ1) is 8.99. The lowest BCUT2D eigenvalue weighted by atomic mass is 10.2. The molecule has 0 saturated carbocycles. The Labute approximate surface area is 119 Å². The highest BCUT2D eigenvalue weighted by atomic mass is 79.9. The van der Waals surface area contributed by atoms with Crippen LogP contribution in [-0.4, -0.2) is 15.7 Å². The number of nitrogens with zero attached hydrogens (tertiary/aromatic N) is 2. The van der Waals surface area contributed by atoms with Crippen LogP contribution in [0.25, 0.3) is 0 Å². The molecule has 1 heterocycles. The lowest BCUT2D eigenvalue weighted by molar-refractivity contribution is 0.0462. The van der Waals surface area contributed by atoms with E-state index >= 15 is 0 Å². The van der Waals surface area contributed by atoms with Crippen LogP contribution >= 0.6 is 15.9 Å². The molecule has 1 aromatic heterocycles. The zero-order valence-electron chi connectivity index (χ0n) is 10.7. The number of aromatic nitrogens is 2. The third-order valence-corrected chi connectivity index (χ3v) is 3.78. The molecular weight excluding hydrogens is 310 g/mol. The van der Waals surface area contributed by atoms with Crippen molar-refractivity contribution in [1.29, 1.82) is 0 Å². The molecule has 6 heteroatoms. The first-order valence-electron chi connectivity index (χ1n) is 5.69. The lowest BCUT2D eigenvalue weighted by Crippen LogP contribution is -2.08. The Morgan fingerprint density at radius 3 is 2.58 bits per heavy atom. The minimum atomic E-state index is -0.384. The van der Waals surface area contributed by atoms with Gasteiger partial charge in [-0.15, -0.1) is 0 Å². The Bertz CT molecular complexity index is 605. The fourth-order valence-electron chi connectivity index (χ4n) is 1.67. The number of rotatable bonds is 3. The van der Waals surface area contributed by atoms with Crippen LogP contribution in [0, 0.1) is 6.92 Å². The number of anilines is 1. The molecule has 0 unspecified atom stereocenters. The number of nitrogen functional groups attached to an aromatic ring is 1. The Hall–Kier alpha value is -1.82. The van der Waals surface area contributed by atoms with Crippen LogP contribution in [0.2, 0.25) is 0 Å². The number of carbonyl (C=O) groups is 1. The van der Waals surface area contributed by atoms with Crippen molar-refractivity contribution in [1.82, 2.24) is 9.78 Å². The average molecular weight is 324 g/mol. The molecule has 0 spiro atoms. The van der Waals surface area contributed by atoms with Crippen molar-refractivity contribution in [3.63, 3.8) is 0 Å². The molecule has 1 aromatic carbocycles. The Kier molecular flexibility index (Phi) is 3.90. The molecule has 0 aliphatic heterocycles. The normalized spacial score (nSPS) is 10.5. The van der Waals surface area contributed by atoms with Gasteiger partial charge in [-0.05, 0) is 47.1 Å². The maximum atomic E-state index is 11.9. The van der Waals surface area contributed by atoms with E-state index in [4.69, 9.17) is 10.5 Å². The number of hydrogen-bond donors (Lipinski definition) is 1. The third-order valence-electron chi connectivity index (χ3n) is 2.75. The van der Waals surface area contributed by atoms with Gasteiger partial charge in [0.2, 0.25) is 0 Å². The molecule has 0 aliphatic rings. The van der Waals surface area contributed by atoms with Gasteiger partial charge in [0.05, 0.1) is 21.4 Å². The van der Waals surface area contributed by atoms with Crippen molar-refractivity contribution in [3.05, 3.63) is 45.7 Å². The van der Waals surface area contributed by atoms with Crippen molar-refractivity contribution < 1.29 is 9.53 Å². The molecule has 0 bridgehead atoms. The number of aryl methyl sites for hydroxylation is 2. The highest BCUT2D eigenvalue weighted by Gasteiger charge is 2.13. The molecule has 0 atom stereocenters. The summed E-state index contributed by atoms with van der Waals surface area (Å²) < 4.78 is 7.81. The van der Waals surface area contributed by atoms with Gasteiger partial charge in [0.25, 0.3) is 0 Å². The summed E-state index contributed by atoms with van der Waals surface area (Å²) >= 11 is 3.43. The first kappa shape index (κ1) is 13.6. The van der Waals surface area contributed by atoms with Crippen molar-refractivity contribution in [2.24, 2.45) is 7.05 Å². The van der Waals surface area contributed by atoms with Crippen LogP contribution in [0.4, 0.5) is 5.69 Å². The van der Waals surface area contributed by atoms with Crippen LogP contribution in [0.1, 0.15) is 21.7 Å². The van der Waals surface area contributed by atoms with E-state index in [9.17, 15) is 4.79 Å². The summed E-state index contributed by atoms with van der Waals surface area (Å²) in [5.74, 6) is -0.384. The summed E-state index contributed by atoms with van der Waals surface area (Å²) in [5, 5.41) is 4.23. The van der Waals surface area contributed by atoms with Gasteiger partial charge in [-0.25, -0.2) is 4.79 Å². The predicted octanol–water partition coefficient (Wildman–Crippen LogP) is 2.43. The minimum Gasteiger partial charge on any atom is -0.456 e. The van der Waals surface area contributed by atoms with E-state index in [0.29, 0.717) is 11.3 Å². The Morgan fingerprint density at radius 1 is 1.42 bits per heavy atom. The van der Waals surface area contributed by atoms with E-state index in [-0.39, 0.29) is 12.6 Å². The fourth-order valence-corrected chi connectivity index (χ4v) is 2.12. The van der Waals surface area contributed by atoms with E-state index < -0.39 is 0 Å². The van der Waals surface area contributed by atoms with Gasteiger partial charge in [-0.3, -0.25) is 4.68 Å². The lowest BCUT2D eigenvalue weighted by Gasteiger charge is -2.06. The highest BCUT2D eigenvalue weighted by molar-refractivity contribution is 9.10. The predicted molar refractivity (Wildman–Crippen MR) is 75.6 cm³/mol. The monoisotopic (exact) mass is 323 g/mol. The maximum absolute atomic E-state index is 11.9. The minimum absolute atomic E-state index is 0.168. The topological polar surface area (TPSA) is 70.1 Å². The molecule has 0 aliphatic carbocycles. The number of carbonyl (C=O) groups excluding carboxylic acids is 1. The average Bonchev–Trinajstić information content (AvgIpc) is 2.62. The maximum Gasteiger partial charge on any atom is 0.338 e. The van der Waals surface area contributed by atoms with E-state index in [1.807, 2.05) is 14.0 Å². The molecule has 2 N–H and O–H groups in total. The molecule has 0 radical (unpaired) electrons. The molecule has 19 heavy (non-hydrogen) atoms. The van der Waals surface area contributed by atoms with E-state index in [1.165, 1.54) is 0 Å². The number of esters is 1. The van der Waals surface area contributed by atoms with Gasteiger partial charge in [0.1, 0.15) is 6.61 Å². The molecule has 5 nitrogen and oxygen atoms in total. The summed E-state index contributed by atoms with van der Waals surface area (Å²) in [4.78, 5) is 11.9. The van der Waals surface area contributed by atoms with Crippen LogP contribution in [0.15, 0.2) is 28.7 Å². The zero-order chi connectivity index (χ0) is 14.0. The van der Waals surface area contributed by atoms with Crippen LogP contribution < -0.4 is 5.73 Å². The summed E-state index contributed by atoms with van der Waals surface area (Å²) in [6.07, 6.45) is 0. The van der Waals surface area contributed by atoms with Gasteiger partial charge in [-0.1, -0.05) is 0 Å². The second-order valence-electron chi connectivity index (χ2n) is 4.17. The van der Waals surface area contributed by atoms with Crippen LogP contribution in [0.5, 0.6) is 0 Å². The number of benzene rings is 1. The molecule has 0 saturated heterocycles. The van der Waals surface area contributed by atoms with Gasteiger partial charge < -0.3 is 10.5 Å². The summed E-state index contributed by atoms with van der Waals surface area (Å²) in [6.45, 7) is 2.05. The third kappa shape index (κ3) is 2.96. The van der Waals surface area contributed by atoms with Crippen molar-refractivity contribution in [3.8, 4) is 0 Å². The number of hydrogen-bond acceptors (Lipinski definition) is 4. The Balaban J connectivity index is 2.06. The number of ether oxygens (including phenoxy) is 1. The summed E-state index contributed by atoms with van der Waals surface area (Å²) in [5.41, 5.74) is 8.34. The largest absolute Gasteiger partial charge is 0.456 e. The zero-order valence-corrected chi connectivity index (χ0v) is 12.3. The van der Waals surface area contributed by atoms with E-state index in [1.54, 1.807) is 28.9 Å². The smallest absolute Gasteiger partial charge is 0.338 e. The number of nitrogens with two attached hydrogens (primary N) is 1. The second-order valence-corrected chi connectivity index (χ2v) is 4.96.